The molecule has 5 heteroatoms. The van der Waals surface area contributed by atoms with Crippen molar-refractivity contribution in [2.75, 3.05) is 19.6 Å². The van der Waals surface area contributed by atoms with Gasteiger partial charge in [-0.05, 0) is 57.3 Å². The first-order valence-electron chi connectivity index (χ1n) is 9.04. The van der Waals surface area contributed by atoms with Crippen molar-refractivity contribution < 1.29 is 14.0 Å². The third-order valence-corrected chi connectivity index (χ3v) is 5.65. The predicted octanol–water partition coefficient (Wildman–Crippen LogP) is 4.09. The average Bonchev–Trinajstić information content (AvgIpc) is 3.03. The Hall–Kier alpha value is -1.46. The summed E-state index contributed by atoms with van der Waals surface area (Å²) in [7, 11) is 0. The number of aromatic nitrogens is 1. The van der Waals surface area contributed by atoms with Crippen molar-refractivity contribution in [2.24, 2.45) is 0 Å². The van der Waals surface area contributed by atoms with E-state index in [1.165, 1.54) is 12.1 Å². The number of benzene rings is 1. The van der Waals surface area contributed by atoms with Crippen molar-refractivity contribution in [1.82, 2.24) is 10.1 Å². The van der Waals surface area contributed by atoms with E-state index in [0.717, 1.165) is 62.8 Å². The van der Waals surface area contributed by atoms with Crippen LogP contribution in [-0.4, -0.2) is 40.4 Å². The highest BCUT2D eigenvalue weighted by atomic mass is 19.1. The lowest BCUT2D eigenvalue weighted by Gasteiger charge is -2.34. The highest BCUT2D eigenvalue weighted by molar-refractivity contribution is 5.79. The minimum atomic E-state index is -0.525. The van der Waals surface area contributed by atoms with Gasteiger partial charge in [0.05, 0.1) is 11.3 Å². The molecule has 2 heterocycles. The molecule has 1 saturated heterocycles. The van der Waals surface area contributed by atoms with E-state index in [1.807, 2.05) is 13.8 Å². The lowest BCUT2D eigenvalue weighted by molar-refractivity contribution is 0.0118. The molecule has 1 N–H and O–H groups in total. The quantitative estimate of drug-likeness (QED) is 0.864. The highest BCUT2D eigenvalue weighted by Crippen LogP contribution is 2.33. The van der Waals surface area contributed by atoms with Crippen LogP contribution in [0.25, 0.3) is 11.0 Å². The first-order valence-corrected chi connectivity index (χ1v) is 9.04. The summed E-state index contributed by atoms with van der Waals surface area (Å²) in [6.07, 6.45) is 4.49. The third-order valence-electron chi connectivity index (χ3n) is 5.65. The highest BCUT2D eigenvalue weighted by Gasteiger charge is 2.27. The summed E-state index contributed by atoms with van der Waals surface area (Å²) in [6.45, 7) is 7.05. The van der Waals surface area contributed by atoms with Crippen molar-refractivity contribution in [2.45, 2.75) is 57.5 Å². The minimum absolute atomic E-state index is 0.292. The number of hydrogen-bond donors (Lipinski definition) is 1. The molecular weight excluding hydrogens is 307 g/mol. The van der Waals surface area contributed by atoms with Gasteiger partial charge in [-0.15, -0.1) is 0 Å². The molecule has 3 rings (SSSR count). The second-order valence-electron chi connectivity index (χ2n) is 7.01. The zero-order valence-corrected chi connectivity index (χ0v) is 14.6. The standard InChI is InChI=1S/C19H27FN2O2/c1-3-19(23,4-2)9-12-22-10-7-14(8-11-22)18-16-6-5-15(20)13-17(16)24-21-18/h5-6,13-14,23H,3-4,7-12H2,1-2H3. The number of likely N-dealkylation sites (tertiary alicyclic amines) is 1. The molecule has 0 amide bonds. The molecule has 2 aromatic rings. The third kappa shape index (κ3) is 3.62. The Morgan fingerprint density at radius 1 is 1.29 bits per heavy atom. The van der Waals surface area contributed by atoms with Gasteiger partial charge < -0.3 is 14.5 Å². The van der Waals surface area contributed by atoms with Gasteiger partial charge in [-0.1, -0.05) is 19.0 Å². The van der Waals surface area contributed by atoms with Crippen LogP contribution in [0.1, 0.15) is 57.6 Å². The van der Waals surface area contributed by atoms with Crippen molar-refractivity contribution >= 4 is 11.0 Å². The molecule has 4 nitrogen and oxygen atoms in total. The van der Waals surface area contributed by atoms with Gasteiger partial charge >= 0.3 is 0 Å². The van der Waals surface area contributed by atoms with Gasteiger partial charge in [-0.25, -0.2) is 4.39 Å². The van der Waals surface area contributed by atoms with Crippen LogP contribution >= 0.6 is 0 Å². The Kier molecular flexibility index (Phi) is 5.21. The number of piperidine rings is 1. The maximum Gasteiger partial charge on any atom is 0.170 e. The molecule has 1 aromatic carbocycles. The normalized spacial score (nSPS) is 17.7. The van der Waals surface area contributed by atoms with E-state index in [2.05, 4.69) is 10.1 Å². The molecule has 0 bridgehead atoms. The summed E-state index contributed by atoms with van der Waals surface area (Å²) in [5.74, 6) is 0.0727. The van der Waals surface area contributed by atoms with Gasteiger partial charge in [0.25, 0.3) is 0 Å². The lowest BCUT2D eigenvalue weighted by Crippen LogP contribution is -2.38. The number of nitrogens with zero attached hydrogens (tertiary/aromatic N) is 2. The van der Waals surface area contributed by atoms with E-state index in [1.54, 1.807) is 6.07 Å². The lowest BCUT2D eigenvalue weighted by atomic mass is 9.90. The van der Waals surface area contributed by atoms with Crippen molar-refractivity contribution in [3.05, 3.63) is 29.7 Å². The number of hydrogen-bond acceptors (Lipinski definition) is 4. The zero-order valence-electron chi connectivity index (χ0n) is 14.6. The van der Waals surface area contributed by atoms with Crippen molar-refractivity contribution in [1.29, 1.82) is 0 Å². The maximum absolute atomic E-state index is 13.3. The largest absolute Gasteiger partial charge is 0.390 e. The summed E-state index contributed by atoms with van der Waals surface area (Å²) in [6, 6.07) is 4.64. The molecule has 0 atom stereocenters. The maximum atomic E-state index is 13.3. The van der Waals surface area contributed by atoms with Crippen LogP contribution in [0.3, 0.4) is 0 Å². The fraction of sp³-hybridized carbons (Fsp3) is 0.632. The summed E-state index contributed by atoms with van der Waals surface area (Å²) >= 11 is 0. The predicted molar refractivity (Wildman–Crippen MR) is 92.5 cm³/mol. The van der Waals surface area contributed by atoms with Gasteiger partial charge in [-0.2, -0.15) is 0 Å². The fourth-order valence-electron chi connectivity index (χ4n) is 3.63. The Labute approximate surface area is 142 Å². The topological polar surface area (TPSA) is 49.5 Å². The molecule has 0 spiro atoms. The van der Waals surface area contributed by atoms with Gasteiger partial charge in [0.15, 0.2) is 5.58 Å². The van der Waals surface area contributed by atoms with Crippen LogP contribution < -0.4 is 0 Å². The van der Waals surface area contributed by atoms with Gasteiger partial charge in [0, 0.05) is 23.9 Å². The average molecular weight is 334 g/mol. The Morgan fingerprint density at radius 2 is 2.00 bits per heavy atom. The van der Waals surface area contributed by atoms with E-state index in [0.29, 0.717) is 11.5 Å². The van der Waals surface area contributed by atoms with Crippen LogP contribution in [0.2, 0.25) is 0 Å². The van der Waals surface area contributed by atoms with Gasteiger partial charge in [0.2, 0.25) is 0 Å². The van der Waals surface area contributed by atoms with Crippen LogP contribution in [-0.2, 0) is 0 Å². The second kappa shape index (κ2) is 7.19. The molecule has 1 fully saturated rings. The van der Waals surface area contributed by atoms with Crippen molar-refractivity contribution in [3.8, 4) is 0 Å². The van der Waals surface area contributed by atoms with Gasteiger partial charge in [-0.3, -0.25) is 0 Å². The molecule has 24 heavy (non-hydrogen) atoms. The molecule has 0 saturated carbocycles. The number of halogens is 1. The monoisotopic (exact) mass is 334 g/mol. The molecular formula is C19H27FN2O2. The molecule has 1 aliphatic heterocycles. The van der Waals surface area contributed by atoms with E-state index in [9.17, 15) is 9.50 Å². The molecule has 132 valence electrons. The molecule has 0 radical (unpaired) electrons. The summed E-state index contributed by atoms with van der Waals surface area (Å²) in [5, 5.41) is 15.6. The summed E-state index contributed by atoms with van der Waals surface area (Å²) in [4.78, 5) is 2.43. The molecule has 0 unspecified atom stereocenters. The van der Waals surface area contributed by atoms with Gasteiger partial charge in [0.1, 0.15) is 5.82 Å². The van der Waals surface area contributed by atoms with Crippen LogP contribution in [0.15, 0.2) is 22.7 Å². The SMILES string of the molecule is CCC(O)(CC)CCN1CCC(c2noc3cc(F)ccc23)CC1. The van der Waals surface area contributed by atoms with E-state index < -0.39 is 5.60 Å². The molecule has 1 aromatic heterocycles. The summed E-state index contributed by atoms with van der Waals surface area (Å²) < 4.78 is 18.6. The molecule has 1 aliphatic rings. The first-order chi connectivity index (χ1) is 11.5. The Bertz CT molecular complexity index is 673. The van der Waals surface area contributed by atoms with E-state index >= 15 is 0 Å². The van der Waals surface area contributed by atoms with Crippen LogP contribution in [0, 0.1) is 5.82 Å². The Morgan fingerprint density at radius 3 is 2.67 bits per heavy atom. The van der Waals surface area contributed by atoms with Crippen LogP contribution in [0.5, 0.6) is 0 Å². The minimum Gasteiger partial charge on any atom is -0.390 e. The Balaban J connectivity index is 1.58. The second-order valence-corrected chi connectivity index (χ2v) is 7.01. The number of aliphatic hydroxyl groups is 1. The zero-order chi connectivity index (χ0) is 17.2. The smallest absolute Gasteiger partial charge is 0.170 e. The molecule has 0 aliphatic carbocycles. The van der Waals surface area contributed by atoms with E-state index in [4.69, 9.17) is 4.52 Å². The van der Waals surface area contributed by atoms with E-state index in [-0.39, 0.29) is 5.82 Å². The van der Waals surface area contributed by atoms with Crippen LogP contribution in [0.4, 0.5) is 4.39 Å². The number of rotatable bonds is 6. The summed E-state index contributed by atoms with van der Waals surface area (Å²) in [5.41, 5.74) is 0.968. The fourth-order valence-corrected chi connectivity index (χ4v) is 3.63. The number of fused-ring (bicyclic) bond motifs is 1. The van der Waals surface area contributed by atoms with Crippen molar-refractivity contribution in [3.63, 3.8) is 0 Å². The first kappa shape index (κ1) is 17.4.